The number of rotatable bonds is 13. The van der Waals surface area contributed by atoms with Gasteiger partial charge in [0.05, 0.1) is 22.8 Å². The van der Waals surface area contributed by atoms with E-state index in [0.29, 0.717) is 18.5 Å². The van der Waals surface area contributed by atoms with E-state index >= 15 is 0 Å². The molecule has 0 fully saturated rings. The van der Waals surface area contributed by atoms with Gasteiger partial charge in [-0.1, -0.05) is 61.5 Å². The Morgan fingerprint density at radius 2 is 1.66 bits per heavy atom. The number of aryl methyl sites for hydroxylation is 2. The Kier molecular flexibility index (Phi) is 9.17. The normalized spacial score (nSPS) is 12.1. The highest BCUT2D eigenvalue weighted by Gasteiger charge is 2.24. The molecule has 3 aromatic carbocycles. The summed E-state index contributed by atoms with van der Waals surface area (Å²) in [4.78, 5) is 22.8. The molecule has 0 saturated carbocycles. The molecule has 1 atom stereocenters. The average Bonchev–Trinajstić information content (AvgIpc) is 2.86. The van der Waals surface area contributed by atoms with Crippen molar-refractivity contribution in [3.05, 3.63) is 95.6 Å². The Morgan fingerprint density at radius 3 is 2.29 bits per heavy atom. The number of anilines is 1. The van der Waals surface area contributed by atoms with Crippen molar-refractivity contribution >= 4 is 27.9 Å². The van der Waals surface area contributed by atoms with Gasteiger partial charge in [-0.05, 0) is 53.8 Å². The van der Waals surface area contributed by atoms with Crippen LogP contribution in [0.5, 0.6) is 0 Å². The molecule has 0 spiro atoms. The van der Waals surface area contributed by atoms with Crippen molar-refractivity contribution in [2.75, 3.05) is 17.3 Å². The van der Waals surface area contributed by atoms with Gasteiger partial charge in [-0.25, -0.2) is 18.9 Å². The van der Waals surface area contributed by atoms with E-state index in [1.54, 1.807) is 48.5 Å². The maximum atomic E-state index is 13.0. The summed E-state index contributed by atoms with van der Waals surface area (Å²) in [5, 5.41) is 10.7. The molecule has 1 amide bonds. The number of amides is 1. The summed E-state index contributed by atoms with van der Waals surface area (Å²) in [6, 6.07) is 23.3. The lowest BCUT2D eigenvalue weighted by atomic mass is 9.98. The van der Waals surface area contributed by atoms with E-state index in [4.69, 9.17) is 0 Å². The molecule has 0 radical (unpaired) electrons. The summed E-state index contributed by atoms with van der Waals surface area (Å²) >= 11 is 0. The molecule has 184 valence electrons. The first-order chi connectivity index (χ1) is 16.8. The van der Waals surface area contributed by atoms with Crippen molar-refractivity contribution in [1.29, 1.82) is 0 Å². The summed E-state index contributed by atoms with van der Waals surface area (Å²) in [6.45, 7) is 2.54. The molecule has 7 nitrogen and oxygen atoms in total. The zero-order valence-electron chi connectivity index (χ0n) is 19.6. The monoisotopic (exact) mass is 494 g/mol. The quantitative estimate of drug-likeness (QED) is 0.275. The second kappa shape index (κ2) is 12.3. The standard InChI is InChI=1S/C27H30N2O5S/c1-2-28-29(20-30)25-10-6-7-22(17-25)12-11-21-13-15-26(16-14-21)35(33,34)19-24(18-27(31)32)23-8-4-3-5-9-23/h3-10,13-17,20,24,28H,2,11-12,18-19H2,1H3,(H,31,32). The molecular formula is C27H30N2O5S. The number of carbonyl (C=O) groups is 2. The highest BCUT2D eigenvalue weighted by atomic mass is 32.2. The Labute approximate surface area is 206 Å². The Balaban J connectivity index is 1.68. The van der Waals surface area contributed by atoms with Crippen molar-refractivity contribution in [1.82, 2.24) is 5.43 Å². The minimum atomic E-state index is -3.67. The number of aliphatic carboxylic acids is 1. The van der Waals surface area contributed by atoms with Crippen molar-refractivity contribution in [2.24, 2.45) is 0 Å². The molecular weight excluding hydrogens is 464 g/mol. The van der Waals surface area contributed by atoms with Gasteiger partial charge in [-0.3, -0.25) is 9.59 Å². The molecule has 0 aliphatic rings. The number of nitrogens with one attached hydrogen (secondary N) is 1. The second-order valence-electron chi connectivity index (χ2n) is 8.29. The molecule has 0 aliphatic heterocycles. The Bertz CT molecular complexity index is 1230. The molecule has 0 heterocycles. The van der Waals surface area contributed by atoms with Gasteiger partial charge in [0.1, 0.15) is 0 Å². The molecule has 0 aromatic heterocycles. The predicted molar refractivity (Wildman–Crippen MR) is 136 cm³/mol. The minimum Gasteiger partial charge on any atom is -0.481 e. The molecule has 0 bridgehead atoms. The topological polar surface area (TPSA) is 104 Å². The zero-order chi connectivity index (χ0) is 25.3. The largest absolute Gasteiger partial charge is 0.481 e. The van der Waals surface area contributed by atoms with Gasteiger partial charge in [0.15, 0.2) is 9.84 Å². The van der Waals surface area contributed by atoms with E-state index in [0.717, 1.165) is 29.6 Å². The second-order valence-corrected chi connectivity index (χ2v) is 10.3. The van der Waals surface area contributed by atoms with E-state index in [1.165, 1.54) is 5.01 Å². The third-order valence-corrected chi connectivity index (χ3v) is 7.55. The van der Waals surface area contributed by atoms with Gasteiger partial charge in [-0.2, -0.15) is 0 Å². The molecule has 35 heavy (non-hydrogen) atoms. The van der Waals surface area contributed by atoms with Crippen LogP contribution in [0.4, 0.5) is 5.69 Å². The lowest BCUT2D eigenvalue weighted by Gasteiger charge is -2.18. The molecule has 0 saturated heterocycles. The maximum absolute atomic E-state index is 13.0. The van der Waals surface area contributed by atoms with Crippen molar-refractivity contribution in [3.63, 3.8) is 0 Å². The number of sulfone groups is 1. The zero-order valence-corrected chi connectivity index (χ0v) is 20.4. The number of nitrogens with zero attached hydrogens (tertiary/aromatic N) is 1. The van der Waals surface area contributed by atoms with Crippen LogP contribution in [-0.4, -0.2) is 38.2 Å². The van der Waals surface area contributed by atoms with Crippen LogP contribution in [0.25, 0.3) is 0 Å². The van der Waals surface area contributed by atoms with Gasteiger partial charge < -0.3 is 5.11 Å². The average molecular weight is 495 g/mol. The number of hydrogen-bond acceptors (Lipinski definition) is 5. The third kappa shape index (κ3) is 7.50. The minimum absolute atomic E-state index is 0.182. The smallest absolute Gasteiger partial charge is 0.303 e. The van der Waals surface area contributed by atoms with Crippen LogP contribution in [0, 0.1) is 0 Å². The van der Waals surface area contributed by atoms with Crippen LogP contribution in [0.15, 0.2) is 83.8 Å². The summed E-state index contributed by atoms with van der Waals surface area (Å²) in [5.41, 5.74) is 6.48. The summed E-state index contributed by atoms with van der Waals surface area (Å²) in [7, 11) is -3.67. The van der Waals surface area contributed by atoms with E-state index in [2.05, 4.69) is 5.43 Å². The van der Waals surface area contributed by atoms with Crippen LogP contribution >= 0.6 is 0 Å². The van der Waals surface area contributed by atoms with Crippen LogP contribution in [0.3, 0.4) is 0 Å². The summed E-state index contributed by atoms with van der Waals surface area (Å²) in [6.07, 6.45) is 1.92. The van der Waals surface area contributed by atoms with Gasteiger partial charge in [0, 0.05) is 12.5 Å². The molecule has 2 N–H and O–H groups in total. The molecule has 3 aromatic rings. The number of benzene rings is 3. The first-order valence-electron chi connectivity index (χ1n) is 11.5. The fraction of sp³-hybridized carbons (Fsp3) is 0.259. The first kappa shape index (κ1) is 26.1. The number of hydrogen-bond donors (Lipinski definition) is 2. The van der Waals surface area contributed by atoms with E-state index in [9.17, 15) is 23.1 Å². The molecule has 3 rings (SSSR count). The van der Waals surface area contributed by atoms with Gasteiger partial charge in [0.25, 0.3) is 0 Å². The van der Waals surface area contributed by atoms with E-state index in [-0.39, 0.29) is 17.1 Å². The molecule has 0 aliphatic carbocycles. The van der Waals surface area contributed by atoms with Gasteiger partial charge in [-0.15, -0.1) is 0 Å². The highest BCUT2D eigenvalue weighted by Crippen LogP contribution is 2.25. The third-order valence-electron chi connectivity index (χ3n) is 5.72. The van der Waals surface area contributed by atoms with Crippen molar-refractivity contribution < 1.29 is 23.1 Å². The highest BCUT2D eigenvalue weighted by molar-refractivity contribution is 7.91. The number of carbonyl (C=O) groups excluding carboxylic acids is 1. The molecule has 8 heteroatoms. The van der Waals surface area contributed by atoms with Crippen LogP contribution in [0.1, 0.15) is 36.0 Å². The fourth-order valence-electron chi connectivity index (χ4n) is 3.94. The maximum Gasteiger partial charge on any atom is 0.303 e. The van der Waals surface area contributed by atoms with Crippen LogP contribution in [-0.2, 0) is 32.3 Å². The fourth-order valence-corrected chi connectivity index (χ4v) is 5.53. The Hall–Kier alpha value is -3.49. The predicted octanol–water partition coefficient (Wildman–Crippen LogP) is 3.99. The van der Waals surface area contributed by atoms with Crippen LogP contribution < -0.4 is 10.4 Å². The lowest BCUT2D eigenvalue weighted by Crippen LogP contribution is -2.36. The van der Waals surface area contributed by atoms with Crippen LogP contribution in [0.2, 0.25) is 0 Å². The molecule has 1 unspecified atom stereocenters. The van der Waals surface area contributed by atoms with Gasteiger partial charge >= 0.3 is 5.97 Å². The number of hydrazine groups is 1. The van der Waals surface area contributed by atoms with E-state index < -0.39 is 21.7 Å². The lowest BCUT2D eigenvalue weighted by molar-refractivity contribution is -0.137. The van der Waals surface area contributed by atoms with E-state index in [1.807, 2.05) is 37.3 Å². The SMILES string of the molecule is CCNN(C=O)c1cccc(CCc2ccc(S(=O)(=O)CC(CC(=O)O)c3ccccc3)cc2)c1. The summed E-state index contributed by atoms with van der Waals surface area (Å²) < 4.78 is 26.1. The summed E-state index contributed by atoms with van der Waals surface area (Å²) in [5.74, 6) is -1.93. The van der Waals surface area contributed by atoms with Gasteiger partial charge in [0.2, 0.25) is 6.41 Å². The first-order valence-corrected chi connectivity index (χ1v) is 13.1. The number of carboxylic acid groups (broad SMARTS) is 1. The Morgan fingerprint density at radius 1 is 0.971 bits per heavy atom. The number of carboxylic acids is 1. The van der Waals surface area contributed by atoms with Crippen molar-refractivity contribution in [3.8, 4) is 0 Å². The van der Waals surface area contributed by atoms with Crippen molar-refractivity contribution in [2.45, 2.75) is 37.0 Å².